The van der Waals surface area contributed by atoms with E-state index in [0.717, 1.165) is 33.1 Å². The molecule has 1 fully saturated rings. The van der Waals surface area contributed by atoms with Crippen LogP contribution in [0.4, 0.5) is 4.79 Å². The van der Waals surface area contributed by atoms with Crippen molar-refractivity contribution < 1.29 is 23.9 Å². The van der Waals surface area contributed by atoms with Crippen molar-refractivity contribution in [3.8, 4) is 17.2 Å². The van der Waals surface area contributed by atoms with Crippen LogP contribution >= 0.6 is 0 Å². The lowest BCUT2D eigenvalue weighted by Crippen LogP contribution is -2.42. The van der Waals surface area contributed by atoms with E-state index in [2.05, 4.69) is 5.32 Å². The smallest absolute Gasteiger partial charge is 0.325 e. The molecule has 3 amide bonds. The van der Waals surface area contributed by atoms with Gasteiger partial charge in [0.05, 0.1) is 6.54 Å². The van der Waals surface area contributed by atoms with Crippen LogP contribution in [0.25, 0.3) is 5.69 Å². The molecule has 0 bridgehead atoms. The van der Waals surface area contributed by atoms with Crippen molar-refractivity contribution in [1.29, 1.82) is 0 Å². The van der Waals surface area contributed by atoms with E-state index in [0.29, 0.717) is 43.1 Å². The summed E-state index contributed by atoms with van der Waals surface area (Å²) in [6.07, 6.45) is 1.21. The molecule has 1 aliphatic carbocycles. The number of nitrogens with one attached hydrogen (secondary N) is 1. The first kappa shape index (κ1) is 21.5. The lowest BCUT2D eigenvalue weighted by atomic mass is 9.92. The number of hydrogen-bond acceptors (Lipinski definition) is 5. The number of carbonyl (C=O) groups excluding carboxylic acids is 3. The van der Waals surface area contributed by atoms with E-state index in [4.69, 9.17) is 9.47 Å². The van der Waals surface area contributed by atoms with E-state index in [1.165, 1.54) is 0 Å². The van der Waals surface area contributed by atoms with Crippen LogP contribution in [0, 0.1) is 13.8 Å². The standard InChI is InChI=1S/C27H25N3O5/c1-16-13-20(17(2)30(16)19-7-8-23-24(14-19)35-12-11-34-23)22(31)15-29-25(32)27(28-26(29)33)10-9-18-5-3-4-6-21(18)27/h3-8,13-14H,9-12,15H2,1-2H3,(H,28,33). The summed E-state index contributed by atoms with van der Waals surface area (Å²) in [4.78, 5) is 40.7. The molecule has 35 heavy (non-hydrogen) atoms. The number of fused-ring (bicyclic) bond motifs is 3. The zero-order chi connectivity index (χ0) is 24.3. The van der Waals surface area contributed by atoms with Crippen molar-refractivity contribution in [2.75, 3.05) is 19.8 Å². The van der Waals surface area contributed by atoms with E-state index in [-0.39, 0.29) is 18.2 Å². The maximum atomic E-state index is 13.4. The van der Waals surface area contributed by atoms with Gasteiger partial charge in [-0.25, -0.2) is 4.79 Å². The second kappa shape index (κ2) is 7.73. The van der Waals surface area contributed by atoms with Crippen molar-refractivity contribution in [2.24, 2.45) is 0 Å². The van der Waals surface area contributed by atoms with E-state index in [9.17, 15) is 14.4 Å². The molecule has 8 nitrogen and oxygen atoms in total. The lowest BCUT2D eigenvalue weighted by molar-refractivity contribution is -0.131. The highest BCUT2D eigenvalue weighted by molar-refractivity contribution is 6.12. The van der Waals surface area contributed by atoms with Crippen molar-refractivity contribution >= 4 is 17.7 Å². The molecular weight excluding hydrogens is 446 g/mol. The number of imide groups is 1. The number of rotatable bonds is 4. The van der Waals surface area contributed by atoms with Gasteiger partial charge in [-0.3, -0.25) is 14.5 Å². The van der Waals surface area contributed by atoms with Crippen LogP contribution in [0.15, 0.2) is 48.5 Å². The molecule has 1 saturated heterocycles. The predicted molar refractivity (Wildman–Crippen MR) is 127 cm³/mol. The summed E-state index contributed by atoms with van der Waals surface area (Å²) in [5, 5.41) is 2.88. The van der Waals surface area contributed by atoms with Crippen LogP contribution in [0.2, 0.25) is 0 Å². The van der Waals surface area contributed by atoms with Gasteiger partial charge in [-0.05, 0) is 56.0 Å². The first-order chi connectivity index (χ1) is 16.9. The van der Waals surface area contributed by atoms with E-state index in [1.54, 1.807) is 6.07 Å². The van der Waals surface area contributed by atoms with Crippen molar-refractivity contribution in [3.63, 3.8) is 0 Å². The molecule has 178 valence electrons. The Morgan fingerprint density at radius 3 is 2.63 bits per heavy atom. The Bertz CT molecular complexity index is 1410. The van der Waals surface area contributed by atoms with Crippen LogP contribution in [-0.4, -0.2) is 46.9 Å². The number of Topliss-reactive ketones (excluding diaryl/α,β-unsaturated/α-hetero) is 1. The molecule has 6 rings (SSSR count). The number of aromatic nitrogens is 1. The molecule has 1 aromatic heterocycles. The highest BCUT2D eigenvalue weighted by atomic mass is 16.6. The second-order valence-electron chi connectivity index (χ2n) is 9.26. The SMILES string of the molecule is Cc1cc(C(=O)CN2C(=O)NC3(CCc4ccccc43)C2=O)c(C)n1-c1ccc2c(c1)OCCO2. The highest BCUT2D eigenvalue weighted by Crippen LogP contribution is 2.41. The molecule has 2 aliphatic heterocycles. The fourth-order valence-electron chi connectivity index (χ4n) is 5.58. The number of carbonyl (C=O) groups is 3. The van der Waals surface area contributed by atoms with Crippen LogP contribution in [-0.2, 0) is 16.8 Å². The Kier molecular flexibility index (Phi) is 4.74. The van der Waals surface area contributed by atoms with E-state index < -0.39 is 11.6 Å². The Hall–Kier alpha value is -4.07. The van der Waals surface area contributed by atoms with Gasteiger partial charge in [0.15, 0.2) is 17.3 Å². The number of ether oxygens (including phenoxy) is 2. The van der Waals surface area contributed by atoms with Gasteiger partial charge in [0.2, 0.25) is 0 Å². The number of nitrogens with zero attached hydrogens (tertiary/aromatic N) is 2. The molecule has 3 aromatic rings. The van der Waals surface area contributed by atoms with Crippen molar-refractivity contribution in [1.82, 2.24) is 14.8 Å². The maximum Gasteiger partial charge on any atom is 0.325 e. The minimum Gasteiger partial charge on any atom is -0.486 e. The van der Waals surface area contributed by atoms with Crippen molar-refractivity contribution in [2.45, 2.75) is 32.2 Å². The molecule has 1 N–H and O–H groups in total. The Balaban J connectivity index is 1.28. The second-order valence-corrected chi connectivity index (χ2v) is 9.26. The third-order valence-electron chi connectivity index (χ3n) is 7.24. The van der Waals surface area contributed by atoms with Gasteiger partial charge in [-0.1, -0.05) is 24.3 Å². The Labute approximate surface area is 202 Å². The summed E-state index contributed by atoms with van der Waals surface area (Å²) < 4.78 is 13.3. The normalized spacial score (nSPS) is 20.3. The minimum absolute atomic E-state index is 0.284. The average Bonchev–Trinajstić information content (AvgIpc) is 3.46. The summed E-state index contributed by atoms with van der Waals surface area (Å²) in [6, 6.07) is 14.6. The summed E-state index contributed by atoms with van der Waals surface area (Å²) in [6.45, 7) is 4.47. The first-order valence-electron chi connectivity index (χ1n) is 11.7. The molecule has 8 heteroatoms. The number of aryl methyl sites for hydroxylation is 2. The molecule has 1 atom stereocenters. The minimum atomic E-state index is -1.07. The van der Waals surface area contributed by atoms with Crippen LogP contribution in [0.1, 0.15) is 39.3 Å². The largest absolute Gasteiger partial charge is 0.486 e. The molecule has 2 aromatic carbocycles. The molecule has 3 heterocycles. The third kappa shape index (κ3) is 3.16. The predicted octanol–water partition coefficient (Wildman–Crippen LogP) is 3.44. The average molecular weight is 472 g/mol. The lowest BCUT2D eigenvalue weighted by Gasteiger charge is -2.22. The van der Waals surface area contributed by atoms with Gasteiger partial charge in [0.25, 0.3) is 5.91 Å². The number of ketones is 1. The van der Waals surface area contributed by atoms with Gasteiger partial charge < -0.3 is 19.4 Å². The van der Waals surface area contributed by atoms with Gasteiger partial charge >= 0.3 is 6.03 Å². The summed E-state index contributed by atoms with van der Waals surface area (Å²) in [7, 11) is 0. The Morgan fingerprint density at radius 2 is 1.80 bits per heavy atom. The highest BCUT2D eigenvalue weighted by Gasteiger charge is 2.55. The topological polar surface area (TPSA) is 89.9 Å². The number of hydrogen-bond donors (Lipinski definition) is 1. The number of urea groups is 1. The fourth-order valence-corrected chi connectivity index (χ4v) is 5.58. The monoisotopic (exact) mass is 471 g/mol. The van der Waals surface area contributed by atoms with Crippen LogP contribution < -0.4 is 14.8 Å². The van der Waals surface area contributed by atoms with Gasteiger partial charge in [0, 0.05) is 28.7 Å². The van der Waals surface area contributed by atoms with Gasteiger partial charge in [-0.15, -0.1) is 0 Å². The fraction of sp³-hybridized carbons (Fsp3) is 0.296. The first-order valence-corrected chi connectivity index (χ1v) is 11.7. The molecule has 0 saturated carbocycles. The Morgan fingerprint density at radius 1 is 1.03 bits per heavy atom. The summed E-state index contributed by atoms with van der Waals surface area (Å²) >= 11 is 0. The zero-order valence-corrected chi connectivity index (χ0v) is 19.6. The van der Waals surface area contributed by atoms with Gasteiger partial charge in [-0.2, -0.15) is 0 Å². The van der Waals surface area contributed by atoms with E-state index in [1.807, 2.05) is 60.9 Å². The van der Waals surface area contributed by atoms with Gasteiger partial charge in [0.1, 0.15) is 18.8 Å². The molecular formula is C27H25N3O5. The number of amides is 3. The summed E-state index contributed by atoms with van der Waals surface area (Å²) in [5.74, 6) is 0.713. The maximum absolute atomic E-state index is 13.4. The molecule has 1 unspecified atom stereocenters. The quantitative estimate of drug-likeness (QED) is 0.465. The summed E-state index contributed by atoms with van der Waals surface area (Å²) in [5.41, 5.74) is 3.72. The van der Waals surface area contributed by atoms with Crippen LogP contribution in [0.5, 0.6) is 11.5 Å². The van der Waals surface area contributed by atoms with Crippen LogP contribution in [0.3, 0.4) is 0 Å². The third-order valence-corrected chi connectivity index (χ3v) is 7.24. The molecule has 3 aliphatic rings. The molecule has 1 spiro atoms. The van der Waals surface area contributed by atoms with Crippen molar-refractivity contribution in [3.05, 3.63) is 76.6 Å². The van der Waals surface area contributed by atoms with E-state index >= 15 is 0 Å². The number of benzene rings is 2. The zero-order valence-electron chi connectivity index (χ0n) is 19.6. The molecule has 0 radical (unpaired) electrons.